The van der Waals surface area contributed by atoms with E-state index in [1.807, 2.05) is 0 Å². The Morgan fingerprint density at radius 1 is 1.33 bits per heavy atom. The number of Topliss-reactive ketones (excluding diaryl/α,β-unsaturated/α-hetero) is 1. The first kappa shape index (κ1) is 10.9. The number of benzene rings is 1. The fourth-order valence-electron chi connectivity index (χ4n) is 2.42. The molecule has 1 aromatic carbocycles. The van der Waals surface area contributed by atoms with Crippen LogP contribution in [0.4, 0.5) is 0 Å². The lowest BCUT2D eigenvalue weighted by atomic mass is 9.64. The van der Waals surface area contributed by atoms with Crippen molar-refractivity contribution in [1.82, 2.24) is 0 Å². The zero-order chi connectivity index (χ0) is 12.8. The molecule has 1 aromatic rings. The van der Waals surface area contributed by atoms with E-state index in [-0.39, 0.29) is 25.4 Å². The molecule has 0 atom stereocenters. The predicted molar refractivity (Wildman–Crippen MR) is 60.6 cm³/mol. The van der Waals surface area contributed by atoms with E-state index in [0.717, 1.165) is 0 Å². The summed E-state index contributed by atoms with van der Waals surface area (Å²) in [5, 5.41) is 9.35. The van der Waals surface area contributed by atoms with Crippen LogP contribution in [-0.2, 0) is 10.2 Å². The fraction of sp³-hybridized carbons (Fsp3) is 0.385. The van der Waals surface area contributed by atoms with Crippen LogP contribution in [0.2, 0.25) is 0 Å². The molecule has 1 aliphatic carbocycles. The third-order valence-electron chi connectivity index (χ3n) is 3.42. The lowest BCUT2D eigenvalue weighted by Crippen LogP contribution is -2.40. The summed E-state index contributed by atoms with van der Waals surface area (Å²) in [7, 11) is 1.53. The topological polar surface area (TPSA) is 68.5 Å². The van der Waals surface area contributed by atoms with E-state index in [0.29, 0.717) is 22.8 Å². The van der Waals surface area contributed by atoms with E-state index in [2.05, 4.69) is 6.07 Å². The third-order valence-corrected chi connectivity index (χ3v) is 3.42. The second kappa shape index (κ2) is 3.64. The summed E-state index contributed by atoms with van der Waals surface area (Å²) in [5.41, 5.74) is -0.0694. The molecule has 18 heavy (non-hydrogen) atoms. The molecule has 92 valence electrons. The van der Waals surface area contributed by atoms with E-state index in [1.165, 1.54) is 7.11 Å². The Hall–Kier alpha value is -2.22. The lowest BCUT2D eigenvalue weighted by Gasteiger charge is -2.35. The summed E-state index contributed by atoms with van der Waals surface area (Å²) in [5.74, 6) is 1.86. The van der Waals surface area contributed by atoms with E-state index in [1.54, 1.807) is 12.1 Å². The average Bonchev–Trinajstić information content (AvgIpc) is 2.80. The third kappa shape index (κ3) is 1.35. The molecule has 1 heterocycles. The predicted octanol–water partition coefficient (Wildman–Crippen LogP) is 1.55. The number of ketones is 1. The van der Waals surface area contributed by atoms with Gasteiger partial charge in [-0.25, -0.2) is 0 Å². The minimum Gasteiger partial charge on any atom is -0.496 e. The van der Waals surface area contributed by atoms with Crippen molar-refractivity contribution in [2.45, 2.75) is 18.3 Å². The van der Waals surface area contributed by atoms with Crippen molar-refractivity contribution in [3.05, 3.63) is 17.7 Å². The number of hydrogen-bond donors (Lipinski definition) is 0. The van der Waals surface area contributed by atoms with Crippen LogP contribution in [0, 0.1) is 11.3 Å². The maximum atomic E-state index is 11.2. The number of nitrogens with zero attached hydrogens (tertiary/aromatic N) is 1. The van der Waals surface area contributed by atoms with Gasteiger partial charge in [0.2, 0.25) is 6.79 Å². The highest BCUT2D eigenvalue weighted by Gasteiger charge is 2.48. The number of ether oxygens (including phenoxy) is 3. The molecule has 0 unspecified atom stereocenters. The van der Waals surface area contributed by atoms with Crippen LogP contribution in [-0.4, -0.2) is 19.7 Å². The number of nitriles is 1. The van der Waals surface area contributed by atoms with Crippen molar-refractivity contribution in [1.29, 1.82) is 5.26 Å². The molecule has 0 radical (unpaired) electrons. The minimum atomic E-state index is -0.774. The van der Waals surface area contributed by atoms with E-state index in [9.17, 15) is 10.1 Å². The zero-order valence-corrected chi connectivity index (χ0v) is 9.86. The molecule has 0 spiro atoms. The Bertz CT molecular complexity index is 565. The fourth-order valence-corrected chi connectivity index (χ4v) is 2.42. The smallest absolute Gasteiger partial charge is 0.231 e. The molecule has 1 fully saturated rings. The Morgan fingerprint density at radius 2 is 2.00 bits per heavy atom. The molecule has 1 saturated carbocycles. The second-order valence-corrected chi connectivity index (χ2v) is 4.49. The van der Waals surface area contributed by atoms with Crippen molar-refractivity contribution in [3.63, 3.8) is 0 Å². The first-order valence-electron chi connectivity index (χ1n) is 5.59. The molecule has 2 aliphatic rings. The number of carbonyl (C=O) groups is 1. The highest BCUT2D eigenvalue weighted by Crippen LogP contribution is 2.49. The number of hydrogen-bond acceptors (Lipinski definition) is 5. The molecule has 1 aliphatic heterocycles. The van der Waals surface area contributed by atoms with Crippen LogP contribution < -0.4 is 14.2 Å². The van der Waals surface area contributed by atoms with Gasteiger partial charge in [-0.1, -0.05) is 0 Å². The largest absolute Gasteiger partial charge is 0.496 e. The van der Waals surface area contributed by atoms with Crippen LogP contribution in [0.5, 0.6) is 17.2 Å². The molecule has 0 N–H and O–H groups in total. The van der Waals surface area contributed by atoms with Crippen molar-refractivity contribution >= 4 is 5.78 Å². The minimum absolute atomic E-state index is 0.0938. The lowest BCUT2D eigenvalue weighted by molar-refractivity contribution is -0.126. The van der Waals surface area contributed by atoms with Crippen LogP contribution in [0.1, 0.15) is 18.4 Å². The molecule has 5 nitrogen and oxygen atoms in total. The molecular formula is C13H11NO4. The van der Waals surface area contributed by atoms with Crippen LogP contribution in [0.25, 0.3) is 0 Å². The highest BCUT2D eigenvalue weighted by molar-refractivity contribution is 5.90. The highest BCUT2D eigenvalue weighted by atomic mass is 16.7. The SMILES string of the molecule is COc1cc2c(cc1C1(C#N)CC(=O)C1)OCO2. The Balaban J connectivity index is 2.11. The summed E-state index contributed by atoms with van der Waals surface area (Å²) >= 11 is 0. The molecule has 5 heteroatoms. The number of fused-ring (bicyclic) bond motifs is 1. The number of carbonyl (C=O) groups excluding carboxylic acids is 1. The summed E-state index contributed by atoms with van der Waals surface area (Å²) in [6.45, 7) is 0.167. The first-order valence-corrected chi connectivity index (χ1v) is 5.59. The summed E-state index contributed by atoms with van der Waals surface area (Å²) in [6, 6.07) is 5.69. The van der Waals surface area contributed by atoms with Gasteiger partial charge in [-0.05, 0) is 6.07 Å². The quantitative estimate of drug-likeness (QED) is 0.790. The van der Waals surface area contributed by atoms with E-state index in [4.69, 9.17) is 14.2 Å². The summed E-state index contributed by atoms with van der Waals surface area (Å²) in [4.78, 5) is 11.2. The molecule has 3 rings (SSSR count). The molecular weight excluding hydrogens is 234 g/mol. The Kier molecular flexibility index (Phi) is 2.20. The van der Waals surface area contributed by atoms with Crippen molar-refractivity contribution in [3.8, 4) is 23.3 Å². The molecule has 0 bridgehead atoms. The summed E-state index contributed by atoms with van der Waals surface area (Å²) < 4.78 is 15.9. The zero-order valence-electron chi connectivity index (χ0n) is 9.86. The van der Waals surface area contributed by atoms with Crippen LogP contribution in [0.3, 0.4) is 0 Å². The van der Waals surface area contributed by atoms with Gasteiger partial charge in [0.1, 0.15) is 11.5 Å². The maximum absolute atomic E-state index is 11.2. The van der Waals surface area contributed by atoms with E-state index >= 15 is 0 Å². The van der Waals surface area contributed by atoms with Crippen LogP contribution >= 0.6 is 0 Å². The van der Waals surface area contributed by atoms with Gasteiger partial charge in [-0.15, -0.1) is 0 Å². The van der Waals surface area contributed by atoms with Gasteiger partial charge in [0.25, 0.3) is 0 Å². The van der Waals surface area contributed by atoms with Crippen molar-refractivity contribution in [2.24, 2.45) is 0 Å². The maximum Gasteiger partial charge on any atom is 0.231 e. The van der Waals surface area contributed by atoms with Crippen molar-refractivity contribution < 1.29 is 19.0 Å². The Labute approximate surface area is 104 Å². The van der Waals surface area contributed by atoms with Gasteiger partial charge < -0.3 is 14.2 Å². The monoisotopic (exact) mass is 245 g/mol. The van der Waals surface area contributed by atoms with Crippen LogP contribution in [0.15, 0.2) is 12.1 Å². The second-order valence-electron chi connectivity index (χ2n) is 4.49. The van der Waals surface area contributed by atoms with Gasteiger partial charge in [0, 0.05) is 24.5 Å². The standard InChI is InChI=1S/C13H11NO4/c1-16-10-3-12-11(17-7-18-12)2-9(10)13(6-14)4-8(15)5-13/h2-3H,4-5,7H2,1H3. The first-order chi connectivity index (χ1) is 8.68. The van der Waals surface area contributed by atoms with Gasteiger partial charge in [0.05, 0.1) is 18.6 Å². The van der Waals surface area contributed by atoms with Gasteiger partial charge in [-0.3, -0.25) is 4.79 Å². The van der Waals surface area contributed by atoms with Gasteiger partial charge in [0.15, 0.2) is 11.5 Å². The average molecular weight is 245 g/mol. The molecule has 0 aromatic heterocycles. The van der Waals surface area contributed by atoms with Crippen molar-refractivity contribution in [2.75, 3.05) is 13.9 Å². The Morgan fingerprint density at radius 3 is 2.56 bits per heavy atom. The van der Waals surface area contributed by atoms with Gasteiger partial charge >= 0.3 is 0 Å². The number of methoxy groups -OCH3 is 1. The van der Waals surface area contributed by atoms with E-state index < -0.39 is 5.41 Å². The van der Waals surface area contributed by atoms with Gasteiger partial charge in [-0.2, -0.15) is 5.26 Å². The normalized spacial score (nSPS) is 19.0. The molecule has 0 saturated heterocycles. The molecule has 0 amide bonds. The summed E-state index contributed by atoms with van der Waals surface area (Å²) in [6.07, 6.45) is 0.471. The number of rotatable bonds is 2.